The highest BCUT2D eigenvalue weighted by Gasteiger charge is 2.28. The molecule has 1 heterocycles. The molecule has 2 rings (SSSR count). The summed E-state index contributed by atoms with van der Waals surface area (Å²) in [4.78, 5) is 0. The number of hydrogen-bond acceptors (Lipinski definition) is 3. The zero-order valence-electron chi connectivity index (χ0n) is 10.8. The Hall–Kier alpha value is -0.910. The summed E-state index contributed by atoms with van der Waals surface area (Å²) >= 11 is 0. The third kappa shape index (κ3) is 2.43. The molecule has 1 aliphatic heterocycles. The van der Waals surface area contributed by atoms with Crippen LogP contribution in [0.3, 0.4) is 0 Å². The molecule has 1 N–H and O–H groups in total. The minimum absolute atomic E-state index is 0.130. The summed E-state index contributed by atoms with van der Waals surface area (Å²) in [5, 5.41) is 9.80. The second kappa shape index (κ2) is 4.99. The van der Waals surface area contributed by atoms with E-state index in [1.54, 1.807) is 6.92 Å². The van der Waals surface area contributed by atoms with Crippen molar-refractivity contribution in [2.45, 2.75) is 39.5 Å². The van der Waals surface area contributed by atoms with E-state index in [9.17, 15) is 13.5 Å². The lowest BCUT2D eigenvalue weighted by molar-refractivity contribution is 0.173. The van der Waals surface area contributed by atoms with E-state index in [1.165, 1.54) is 4.31 Å². The average molecular weight is 269 g/mol. The molecule has 0 fully saturated rings. The summed E-state index contributed by atoms with van der Waals surface area (Å²) in [7, 11) is -3.13. The first-order valence-corrected chi connectivity index (χ1v) is 7.86. The van der Waals surface area contributed by atoms with Crippen LogP contribution < -0.4 is 0 Å². The van der Waals surface area contributed by atoms with Crippen LogP contribution in [0.1, 0.15) is 43.1 Å². The fourth-order valence-corrected chi connectivity index (χ4v) is 3.24. The van der Waals surface area contributed by atoms with Crippen LogP contribution in [0.5, 0.6) is 0 Å². The standard InChI is InChI=1S/C13H19NO3S/c1-3-13(15)10-5-6-11-8-14(9-12(11)7-10)18(16,17)4-2/h5-7,13,15H,3-4,8-9H2,1-2H3. The molecule has 5 heteroatoms. The Kier molecular flexibility index (Phi) is 3.75. The van der Waals surface area contributed by atoms with Crippen LogP contribution in [0.2, 0.25) is 0 Å². The maximum atomic E-state index is 11.8. The lowest BCUT2D eigenvalue weighted by atomic mass is 10.0. The van der Waals surface area contributed by atoms with Gasteiger partial charge in [0.1, 0.15) is 0 Å². The van der Waals surface area contributed by atoms with Crippen molar-refractivity contribution in [1.29, 1.82) is 0 Å². The van der Waals surface area contributed by atoms with E-state index in [1.807, 2.05) is 25.1 Å². The summed E-state index contributed by atoms with van der Waals surface area (Å²) in [5.74, 6) is 0.130. The van der Waals surface area contributed by atoms with Crippen molar-refractivity contribution in [2.75, 3.05) is 5.75 Å². The first-order valence-electron chi connectivity index (χ1n) is 6.25. The van der Waals surface area contributed by atoms with Gasteiger partial charge >= 0.3 is 0 Å². The van der Waals surface area contributed by atoms with E-state index in [2.05, 4.69) is 0 Å². The third-order valence-corrected chi connectivity index (χ3v) is 5.23. The van der Waals surface area contributed by atoms with Crippen LogP contribution >= 0.6 is 0 Å². The maximum Gasteiger partial charge on any atom is 0.214 e. The van der Waals surface area contributed by atoms with Crippen LogP contribution in [-0.2, 0) is 23.1 Å². The third-order valence-electron chi connectivity index (χ3n) is 3.45. The van der Waals surface area contributed by atoms with E-state index < -0.39 is 16.1 Å². The Balaban J connectivity index is 2.26. The molecule has 18 heavy (non-hydrogen) atoms. The van der Waals surface area contributed by atoms with Gasteiger partial charge in [0, 0.05) is 13.1 Å². The number of sulfonamides is 1. The van der Waals surface area contributed by atoms with Gasteiger partial charge in [-0.3, -0.25) is 0 Å². The Labute approximate surface area is 108 Å². The van der Waals surface area contributed by atoms with Gasteiger partial charge in [0.2, 0.25) is 10.0 Å². The van der Waals surface area contributed by atoms with Crippen molar-refractivity contribution < 1.29 is 13.5 Å². The molecule has 1 aromatic rings. The molecule has 0 radical (unpaired) electrons. The molecule has 0 aliphatic carbocycles. The van der Waals surface area contributed by atoms with E-state index in [-0.39, 0.29) is 5.75 Å². The first-order chi connectivity index (χ1) is 8.47. The van der Waals surface area contributed by atoms with Gasteiger partial charge in [-0.2, -0.15) is 4.31 Å². The molecule has 0 aromatic heterocycles. The molecule has 0 bridgehead atoms. The fourth-order valence-electron chi connectivity index (χ4n) is 2.21. The molecule has 1 atom stereocenters. The van der Waals surface area contributed by atoms with E-state index >= 15 is 0 Å². The van der Waals surface area contributed by atoms with Crippen LogP contribution in [0.4, 0.5) is 0 Å². The minimum Gasteiger partial charge on any atom is -0.388 e. The minimum atomic E-state index is -3.13. The largest absolute Gasteiger partial charge is 0.388 e. The zero-order valence-corrected chi connectivity index (χ0v) is 11.6. The second-order valence-corrected chi connectivity index (χ2v) is 6.88. The van der Waals surface area contributed by atoms with Gasteiger partial charge in [-0.05, 0) is 30.0 Å². The number of fused-ring (bicyclic) bond motifs is 1. The second-order valence-electron chi connectivity index (χ2n) is 4.62. The van der Waals surface area contributed by atoms with Crippen molar-refractivity contribution in [1.82, 2.24) is 4.31 Å². The predicted molar refractivity (Wildman–Crippen MR) is 70.4 cm³/mol. The van der Waals surface area contributed by atoms with E-state index in [4.69, 9.17) is 0 Å². The van der Waals surface area contributed by atoms with E-state index in [0.29, 0.717) is 19.5 Å². The highest BCUT2D eigenvalue weighted by Crippen LogP contribution is 2.28. The number of aliphatic hydroxyl groups excluding tert-OH is 1. The van der Waals surface area contributed by atoms with Crippen molar-refractivity contribution in [3.05, 3.63) is 34.9 Å². The Morgan fingerprint density at radius 2 is 1.94 bits per heavy atom. The molecule has 1 aromatic carbocycles. The quantitative estimate of drug-likeness (QED) is 0.906. The Morgan fingerprint density at radius 1 is 1.28 bits per heavy atom. The number of hydrogen-bond donors (Lipinski definition) is 1. The highest BCUT2D eigenvalue weighted by molar-refractivity contribution is 7.89. The molecule has 0 amide bonds. The Bertz CT molecular complexity index is 539. The molecule has 4 nitrogen and oxygen atoms in total. The van der Waals surface area contributed by atoms with Crippen molar-refractivity contribution in [2.24, 2.45) is 0 Å². The van der Waals surface area contributed by atoms with Crippen LogP contribution in [-0.4, -0.2) is 23.6 Å². The van der Waals surface area contributed by atoms with Crippen LogP contribution in [0.25, 0.3) is 0 Å². The SMILES string of the molecule is CCC(O)c1ccc2c(c1)CN(S(=O)(=O)CC)C2. The maximum absolute atomic E-state index is 11.8. The lowest BCUT2D eigenvalue weighted by Crippen LogP contribution is -2.26. The van der Waals surface area contributed by atoms with Crippen molar-refractivity contribution in [3.8, 4) is 0 Å². The van der Waals surface area contributed by atoms with Crippen LogP contribution in [0, 0.1) is 0 Å². The van der Waals surface area contributed by atoms with Gasteiger partial charge in [-0.15, -0.1) is 0 Å². The first kappa shape index (κ1) is 13.5. The summed E-state index contributed by atoms with van der Waals surface area (Å²) in [5.41, 5.74) is 2.92. The van der Waals surface area contributed by atoms with Gasteiger partial charge in [0.05, 0.1) is 11.9 Å². The topological polar surface area (TPSA) is 57.6 Å². The molecular weight excluding hydrogens is 250 g/mol. The molecule has 0 spiro atoms. The van der Waals surface area contributed by atoms with E-state index in [0.717, 1.165) is 16.7 Å². The predicted octanol–water partition coefficient (Wildman–Crippen LogP) is 1.80. The Morgan fingerprint density at radius 3 is 2.56 bits per heavy atom. The number of nitrogens with zero attached hydrogens (tertiary/aromatic N) is 1. The molecule has 1 unspecified atom stereocenters. The number of benzene rings is 1. The number of aliphatic hydroxyl groups is 1. The number of rotatable bonds is 4. The fraction of sp³-hybridized carbons (Fsp3) is 0.538. The normalized spacial score (nSPS) is 17.7. The summed E-state index contributed by atoms with van der Waals surface area (Å²) in [6.45, 7) is 4.46. The van der Waals surface area contributed by atoms with Crippen molar-refractivity contribution in [3.63, 3.8) is 0 Å². The monoisotopic (exact) mass is 269 g/mol. The molecular formula is C13H19NO3S. The molecule has 0 saturated carbocycles. The van der Waals surface area contributed by atoms with Gasteiger partial charge < -0.3 is 5.11 Å². The summed E-state index contributed by atoms with van der Waals surface area (Å²) in [6.07, 6.45) is 0.197. The van der Waals surface area contributed by atoms with Gasteiger partial charge in [-0.1, -0.05) is 25.1 Å². The van der Waals surface area contributed by atoms with Crippen LogP contribution in [0.15, 0.2) is 18.2 Å². The average Bonchev–Trinajstić information content (AvgIpc) is 2.81. The molecule has 0 saturated heterocycles. The highest BCUT2D eigenvalue weighted by atomic mass is 32.2. The smallest absolute Gasteiger partial charge is 0.214 e. The zero-order chi connectivity index (χ0) is 13.3. The van der Waals surface area contributed by atoms with Crippen molar-refractivity contribution >= 4 is 10.0 Å². The molecule has 100 valence electrons. The molecule has 1 aliphatic rings. The van der Waals surface area contributed by atoms with Gasteiger partial charge in [0.15, 0.2) is 0 Å². The van der Waals surface area contributed by atoms with Gasteiger partial charge in [0.25, 0.3) is 0 Å². The summed E-state index contributed by atoms with van der Waals surface area (Å²) < 4.78 is 25.1. The lowest BCUT2D eigenvalue weighted by Gasteiger charge is -2.13. The summed E-state index contributed by atoms with van der Waals surface area (Å²) in [6, 6.07) is 5.73. The van der Waals surface area contributed by atoms with Gasteiger partial charge in [-0.25, -0.2) is 8.42 Å².